The summed E-state index contributed by atoms with van der Waals surface area (Å²) in [7, 11) is -1.43. The van der Waals surface area contributed by atoms with Crippen LogP contribution in [0.5, 0.6) is 11.5 Å². The van der Waals surface area contributed by atoms with Gasteiger partial charge < -0.3 is 37.7 Å². The van der Waals surface area contributed by atoms with E-state index in [1.165, 1.54) is 6.33 Å². The Morgan fingerprint density at radius 1 is 0.859 bits per heavy atom. The Kier molecular flexibility index (Phi) is 14.8. The number of hydrogen-bond donors (Lipinski definition) is 1. The number of imidazole rings is 1. The van der Waals surface area contributed by atoms with Crippen molar-refractivity contribution in [1.82, 2.24) is 19.5 Å². The first-order valence-corrected chi connectivity index (χ1v) is 25.8. The van der Waals surface area contributed by atoms with E-state index < -0.39 is 46.2 Å². The topological polar surface area (TPSA) is 161 Å². The van der Waals surface area contributed by atoms with E-state index in [0.717, 1.165) is 16.7 Å². The number of hydrogen-bond acceptors (Lipinski definition) is 12. The molecule has 2 aromatic heterocycles. The van der Waals surface area contributed by atoms with Crippen LogP contribution in [0.15, 0.2) is 122 Å². The second kappa shape index (κ2) is 20.3. The lowest BCUT2D eigenvalue weighted by molar-refractivity contribution is -0.0918. The van der Waals surface area contributed by atoms with Crippen molar-refractivity contribution in [1.29, 1.82) is 5.26 Å². The van der Waals surface area contributed by atoms with E-state index >= 15 is 0 Å². The second-order valence-corrected chi connectivity index (χ2v) is 23.1. The number of methoxy groups -OCH3 is 2. The van der Waals surface area contributed by atoms with Crippen molar-refractivity contribution in [3.63, 3.8) is 0 Å². The second-order valence-electron chi connectivity index (χ2n) is 16.6. The first-order chi connectivity index (χ1) is 30.8. The van der Waals surface area contributed by atoms with Crippen LogP contribution < -0.4 is 14.8 Å². The summed E-state index contributed by atoms with van der Waals surface area (Å²) >= 11 is 6.88. The van der Waals surface area contributed by atoms with Crippen molar-refractivity contribution in [2.24, 2.45) is 0 Å². The fourth-order valence-electron chi connectivity index (χ4n) is 7.31. The van der Waals surface area contributed by atoms with Crippen molar-refractivity contribution < 1.29 is 37.2 Å². The lowest BCUT2D eigenvalue weighted by Gasteiger charge is -2.41. The molecule has 1 aliphatic heterocycles. The Morgan fingerprint density at radius 2 is 1.45 bits per heavy atom. The molecule has 64 heavy (non-hydrogen) atoms. The molecule has 6 aromatic rings. The van der Waals surface area contributed by atoms with Gasteiger partial charge >= 0.3 is 0 Å². The number of nitrogens with zero attached hydrogens (tertiary/aromatic N) is 5. The molecule has 1 fully saturated rings. The molecule has 0 bridgehead atoms. The van der Waals surface area contributed by atoms with Crippen LogP contribution in [0.25, 0.3) is 11.2 Å². The highest BCUT2D eigenvalue weighted by molar-refractivity contribution is 7.76. The molecule has 4 aromatic carbocycles. The van der Waals surface area contributed by atoms with Crippen molar-refractivity contribution in [2.45, 2.75) is 75.5 Å². The predicted octanol–water partition coefficient (Wildman–Crippen LogP) is 10.2. The number of ether oxygens (including phenoxy) is 4. The van der Waals surface area contributed by atoms with E-state index in [2.05, 4.69) is 55.2 Å². The Labute approximate surface area is 380 Å². The molecule has 0 radical (unpaired) electrons. The maximum atomic E-state index is 13.3. The van der Waals surface area contributed by atoms with Gasteiger partial charge in [0.25, 0.3) is 13.6 Å². The minimum Gasteiger partial charge on any atom is -0.497 e. The molecule has 334 valence electrons. The number of benzene rings is 4. The number of anilines is 1. The maximum Gasteiger partial charge on any atom is 0.277 e. The van der Waals surface area contributed by atoms with Crippen LogP contribution in [0, 0.1) is 11.3 Å². The van der Waals surface area contributed by atoms with E-state index in [4.69, 9.17) is 48.6 Å². The molecule has 7 rings (SSSR count). The average Bonchev–Trinajstić information content (AvgIpc) is 3.88. The lowest BCUT2D eigenvalue weighted by atomic mass is 9.80. The molecule has 1 unspecified atom stereocenters. The van der Waals surface area contributed by atoms with Gasteiger partial charge in [-0.1, -0.05) is 93.6 Å². The van der Waals surface area contributed by atoms with Crippen molar-refractivity contribution >= 4 is 50.2 Å². The molecular weight excluding hydrogens is 871 g/mol. The quantitative estimate of drug-likeness (QED) is 0.0377. The number of fused-ring (bicyclic) bond motifs is 1. The number of aromatic nitrogens is 4. The van der Waals surface area contributed by atoms with Crippen LogP contribution in [-0.4, -0.2) is 79.5 Å². The van der Waals surface area contributed by atoms with Gasteiger partial charge in [0.2, 0.25) is 0 Å². The van der Waals surface area contributed by atoms with Gasteiger partial charge in [-0.25, -0.2) is 15.0 Å². The average molecular weight is 923 g/mol. The fourth-order valence-corrected chi connectivity index (χ4v) is 9.82. The number of nitriles is 1. The van der Waals surface area contributed by atoms with Crippen LogP contribution >= 0.6 is 19.0 Å². The highest BCUT2D eigenvalue weighted by Gasteiger charge is 2.54. The number of halogens is 1. The van der Waals surface area contributed by atoms with Crippen molar-refractivity contribution in [2.75, 3.05) is 32.8 Å². The fraction of sp³-hybridized carbons (Fsp3) is 0.340. The summed E-state index contributed by atoms with van der Waals surface area (Å²) in [5.41, 5.74) is 2.51. The molecule has 0 aliphatic carbocycles. The van der Waals surface area contributed by atoms with E-state index in [9.17, 15) is 10.1 Å². The monoisotopic (exact) mass is 922 g/mol. The number of rotatable bonds is 18. The van der Waals surface area contributed by atoms with Gasteiger partial charge in [-0.3, -0.25) is 9.36 Å². The Bertz CT molecular complexity index is 2480. The third kappa shape index (κ3) is 10.0. The SMILES string of the molecule is COc1ccc(C(OC[C@H]2O[C@@H](n3cnc4c(NC(=O)c5ccccc5)ncnc43)[C@H](O[Si](C)(C)C(C)(C)C)[C@@H]2OP(Cl)OCCC#N)(c2ccccc2)c2ccc(OC)cc2)cc1. The highest BCUT2D eigenvalue weighted by Crippen LogP contribution is 2.52. The minimum absolute atomic E-state index is 0.0380. The van der Waals surface area contributed by atoms with E-state index in [1.54, 1.807) is 49.4 Å². The van der Waals surface area contributed by atoms with Gasteiger partial charge in [-0.05, 0) is 82.5 Å². The number of carbonyl (C=O) groups is 1. The van der Waals surface area contributed by atoms with Crippen LogP contribution in [0.3, 0.4) is 0 Å². The molecule has 0 spiro atoms. The van der Waals surface area contributed by atoms with E-state index in [1.807, 2.05) is 84.9 Å². The molecule has 0 saturated carbocycles. The molecule has 1 aliphatic rings. The predicted molar refractivity (Wildman–Crippen MR) is 248 cm³/mol. The first-order valence-electron chi connectivity index (χ1n) is 20.8. The van der Waals surface area contributed by atoms with Gasteiger partial charge in [0.15, 0.2) is 31.5 Å². The zero-order valence-electron chi connectivity index (χ0n) is 36.8. The molecular formula is C47H52ClN6O8PSi. The standard InChI is InChI=1S/C47H52ClN6O8PSi/c1-46(2,3)64(6,7)62-41-40(61-63(48)59-28-14-27-49)38(60-45(41)54-31-52-39-42(50-30-51-43(39)54)53-44(55)32-15-10-8-11-16-32)29-58-47(33-17-12-9-13-18-33,34-19-23-36(56-4)24-20-34)35-21-25-37(57-5)26-22-35/h8-13,15-26,30-31,38,40-41,45H,14,28-29H2,1-7H3,(H,50,51,53,55)/t38-,40-,41-,45-,63?/m1/s1. The molecule has 1 amide bonds. The van der Waals surface area contributed by atoms with Gasteiger partial charge in [-0.2, -0.15) is 5.26 Å². The summed E-state index contributed by atoms with van der Waals surface area (Å²) in [5, 5.41) is 11.9. The summed E-state index contributed by atoms with van der Waals surface area (Å²) in [5.74, 6) is 1.26. The number of amides is 1. The van der Waals surface area contributed by atoms with Gasteiger partial charge in [0.1, 0.15) is 41.7 Å². The largest absolute Gasteiger partial charge is 0.497 e. The minimum atomic E-state index is -2.62. The summed E-state index contributed by atoms with van der Waals surface area (Å²) in [6.07, 6.45) is -0.310. The highest BCUT2D eigenvalue weighted by atomic mass is 35.7. The summed E-state index contributed by atoms with van der Waals surface area (Å²) < 4.78 is 47.3. The molecule has 5 atom stereocenters. The van der Waals surface area contributed by atoms with Crippen LogP contribution in [0.1, 0.15) is 60.5 Å². The zero-order valence-corrected chi connectivity index (χ0v) is 39.5. The summed E-state index contributed by atoms with van der Waals surface area (Å²) in [4.78, 5) is 27.1. The van der Waals surface area contributed by atoms with Crippen LogP contribution in [0.4, 0.5) is 5.82 Å². The molecule has 1 N–H and O–H groups in total. The normalized spacial score (nSPS) is 18.4. The first kappa shape index (κ1) is 46.7. The van der Waals surface area contributed by atoms with Crippen LogP contribution in [0.2, 0.25) is 18.1 Å². The van der Waals surface area contributed by atoms with Gasteiger partial charge in [0, 0.05) is 5.56 Å². The van der Waals surface area contributed by atoms with Crippen LogP contribution in [-0.2, 0) is 28.5 Å². The summed E-state index contributed by atoms with van der Waals surface area (Å²) in [6.45, 7) is 10.8. The molecule has 17 heteroatoms. The molecule has 1 saturated heterocycles. The van der Waals surface area contributed by atoms with Gasteiger partial charge in [-0.15, -0.1) is 0 Å². The molecule has 14 nitrogen and oxygen atoms in total. The number of nitrogens with one attached hydrogen (secondary N) is 1. The van der Waals surface area contributed by atoms with Gasteiger partial charge in [0.05, 0.1) is 46.3 Å². The summed E-state index contributed by atoms with van der Waals surface area (Å²) in [6, 6.07) is 36.4. The zero-order chi connectivity index (χ0) is 45.5. The third-order valence-corrected chi connectivity index (χ3v) is 17.5. The smallest absolute Gasteiger partial charge is 0.277 e. The van der Waals surface area contributed by atoms with E-state index in [0.29, 0.717) is 28.2 Å². The Balaban J connectivity index is 1.35. The maximum absolute atomic E-state index is 13.3. The molecule has 3 heterocycles. The Morgan fingerprint density at radius 3 is 2.03 bits per heavy atom. The lowest BCUT2D eigenvalue weighted by Crippen LogP contribution is -2.49. The van der Waals surface area contributed by atoms with Crippen molar-refractivity contribution in [3.8, 4) is 17.6 Å². The van der Waals surface area contributed by atoms with Crippen molar-refractivity contribution in [3.05, 3.63) is 144 Å². The van der Waals surface area contributed by atoms with E-state index in [-0.39, 0.29) is 36.4 Å². The third-order valence-electron chi connectivity index (χ3n) is 11.7. The Hall–Kier alpha value is -5.27. The number of carbonyl (C=O) groups excluding carboxylic acids is 1.